The molecule has 5 nitrogen and oxygen atoms in total. The first-order valence-corrected chi connectivity index (χ1v) is 7.63. The third-order valence-electron chi connectivity index (χ3n) is 4.28. The van der Waals surface area contributed by atoms with Gasteiger partial charge in [-0.3, -0.25) is 4.79 Å². The van der Waals surface area contributed by atoms with Crippen LogP contribution in [-0.2, 0) is 0 Å². The van der Waals surface area contributed by atoms with E-state index in [4.69, 9.17) is 5.73 Å². The number of carbonyl (C=O) groups excluding carboxylic acids is 1. The van der Waals surface area contributed by atoms with Crippen LogP contribution < -0.4 is 16.4 Å². The van der Waals surface area contributed by atoms with Crippen molar-refractivity contribution in [3.8, 4) is 0 Å². The van der Waals surface area contributed by atoms with E-state index in [1.54, 1.807) is 18.2 Å². The molecule has 1 aromatic carbocycles. The summed E-state index contributed by atoms with van der Waals surface area (Å²) < 4.78 is 0. The number of amides is 1. The summed E-state index contributed by atoms with van der Waals surface area (Å²) in [5.74, 6) is -0.107. The van der Waals surface area contributed by atoms with Gasteiger partial charge in [-0.1, -0.05) is 12.8 Å². The lowest BCUT2D eigenvalue weighted by Gasteiger charge is -2.27. The van der Waals surface area contributed by atoms with Gasteiger partial charge in [0, 0.05) is 29.9 Å². The molecule has 5 N–H and O–H groups in total. The molecule has 1 fully saturated rings. The number of nitrogens with two attached hydrogens (primary N) is 1. The van der Waals surface area contributed by atoms with Crippen LogP contribution >= 0.6 is 0 Å². The first-order chi connectivity index (χ1) is 10.1. The zero-order chi connectivity index (χ0) is 15.3. The molecule has 0 spiro atoms. The maximum Gasteiger partial charge on any atom is 0.253 e. The van der Waals surface area contributed by atoms with Gasteiger partial charge in [0.2, 0.25) is 0 Å². The summed E-state index contributed by atoms with van der Waals surface area (Å²) in [7, 11) is 0. The molecule has 21 heavy (non-hydrogen) atoms. The van der Waals surface area contributed by atoms with Crippen LogP contribution in [0.15, 0.2) is 18.2 Å². The fourth-order valence-corrected chi connectivity index (χ4v) is 2.96. The van der Waals surface area contributed by atoms with Crippen molar-refractivity contribution in [3.05, 3.63) is 23.8 Å². The van der Waals surface area contributed by atoms with E-state index in [2.05, 4.69) is 10.6 Å². The van der Waals surface area contributed by atoms with Gasteiger partial charge in [0.1, 0.15) is 0 Å². The molecular formula is C16H25N3O2. The van der Waals surface area contributed by atoms with Crippen molar-refractivity contribution < 1.29 is 9.90 Å². The van der Waals surface area contributed by atoms with E-state index in [0.29, 0.717) is 24.3 Å². The highest BCUT2D eigenvalue weighted by atomic mass is 16.3. The summed E-state index contributed by atoms with van der Waals surface area (Å²) in [4.78, 5) is 12.1. The van der Waals surface area contributed by atoms with E-state index in [-0.39, 0.29) is 17.9 Å². The Bertz CT molecular complexity index is 496. The summed E-state index contributed by atoms with van der Waals surface area (Å²) in [6, 6.07) is 5.25. The fourth-order valence-electron chi connectivity index (χ4n) is 2.96. The van der Waals surface area contributed by atoms with Crippen LogP contribution in [-0.4, -0.2) is 30.7 Å². The van der Waals surface area contributed by atoms with Crippen molar-refractivity contribution in [1.29, 1.82) is 0 Å². The summed E-state index contributed by atoms with van der Waals surface area (Å²) in [6.07, 6.45) is 4.36. The molecule has 1 aliphatic carbocycles. The minimum Gasteiger partial charge on any atom is -0.399 e. The van der Waals surface area contributed by atoms with Crippen LogP contribution in [0.3, 0.4) is 0 Å². The summed E-state index contributed by atoms with van der Waals surface area (Å²) in [5, 5.41) is 15.8. The van der Waals surface area contributed by atoms with Crippen molar-refractivity contribution in [2.24, 2.45) is 5.41 Å². The number of aliphatic hydroxyl groups excluding tert-OH is 1. The van der Waals surface area contributed by atoms with Crippen LogP contribution in [0.1, 0.15) is 43.0 Å². The second kappa shape index (κ2) is 6.80. The SMILES string of the molecule is CCNC(=O)c1ccc(N)cc1NCC1(CO)CCCC1. The Morgan fingerprint density at radius 1 is 1.38 bits per heavy atom. The molecule has 0 saturated heterocycles. The van der Waals surface area contributed by atoms with E-state index in [9.17, 15) is 9.90 Å². The van der Waals surface area contributed by atoms with Gasteiger partial charge in [-0.25, -0.2) is 0 Å². The number of nitrogen functional groups attached to an aromatic ring is 1. The van der Waals surface area contributed by atoms with Crippen LogP contribution in [0.25, 0.3) is 0 Å². The molecule has 116 valence electrons. The minimum absolute atomic E-state index is 0.0664. The fraction of sp³-hybridized carbons (Fsp3) is 0.562. The Morgan fingerprint density at radius 2 is 2.10 bits per heavy atom. The van der Waals surface area contributed by atoms with E-state index in [1.165, 1.54) is 0 Å². The molecule has 0 atom stereocenters. The molecule has 0 aromatic heterocycles. The molecule has 1 aromatic rings. The highest BCUT2D eigenvalue weighted by Crippen LogP contribution is 2.38. The maximum absolute atomic E-state index is 12.1. The summed E-state index contributed by atoms with van der Waals surface area (Å²) >= 11 is 0. The van der Waals surface area contributed by atoms with Gasteiger partial charge in [-0.2, -0.15) is 0 Å². The lowest BCUT2D eigenvalue weighted by atomic mass is 9.87. The number of carbonyl (C=O) groups is 1. The van der Waals surface area contributed by atoms with Gasteiger partial charge in [0.15, 0.2) is 0 Å². The van der Waals surface area contributed by atoms with Crippen LogP contribution in [0.2, 0.25) is 0 Å². The average molecular weight is 291 g/mol. The van der Waals surface area contributed by atoms with Crippen molar-refractivity contribution in [3.63, 3.8) is 0 Å². The van der Waals surface area contributed by atoms with E-state index < -0.39 is 0 Å². The van der Waals surface area contributed by atoms with E-state index in [0.717, 1.165) is 31.4 Å². The molecule has 1 saturated carbocycles. The zero-order valence-electron chi connectivity index (χ0n) is 12.6. The predicted molar refractivity (Wildman–Crippen MR) is 85.3 cm³/mol. The summed E-state index contributed by atoms with van der Waals surface area (Å²) in [6.45, 7) is 3.32. The average Bonchev–Trinajstić information content (AvgIpc) is 2.95. The quantitative estimate of drug-likeness (QED) is 0.604. The zero-order valence-corrected chi connectivity index (χ0v) is 12.6. The van der Waals surface area contributed by atoms with Crippen molar-refractivity contribution in [2.45, 2.75) is 32.6 Å². The predicted octanol–water partition coefficient (Wildman–Crippen LogP) is 1.98. The molecule has 0 heterocycles. The van der Waals surface area contributed by atoms with Gasteiger partial charge in [-0.05, 0) is 38.0 Å². The molecule has 2 rings (SSSR count). The first kappa shape index (κ1) is 15.6. The number of aliphatic hydroxyl groups is 1. The molecule has 1 amide bonds. The third-order valence-corrected chi connectivity index (χ3v) is 4.28. The smallest absolute Gasteiger partial charge is 0.253 e. The van der Waals surface area contributed by atoms with Gasteiger partial charge >= 0.3 is 0 Å². The molecule has 0 radical (unpaired) electrons. The summed E-state index contributed by atoms with van der Waals surface area (Å²) in [5.41, 5.74) is 7.72. The Morgan fingerprint density at radius 3 is 2.71 bits per heavy atom. The van der Waals surface area contributed by atoms with Crippen LogP contribution in [0.4, 0.5) is 11.4 Å². The maximum atomic E-state index is 12.1. The topological polar surface area (TPSA) is 87.4 Å². The normalized spacial score (nSPS) is 16.7. The highest BCUT2D eigenvalue weighted by Gasteiger charge is 2.33. The Kier molecular flexibility index (Phi) is 5.07. The number of benzene rings is 1. The van der Waals surface area contributed by atoms with Gasteiger partial charge in [0.25, 0.3) is 5.91 Å². The van der Waals surface area contributed by atoms with Crippen molar-refractivity contribution in [2.75, 3.05) is 30.7 Å². The number of hydrogen-bond donors (Lipinski definition) is 4. The number of nitrogens with one attached hydrogen (secondary N) is 2. The Balaban J connectivity index is 2.14. The Hall–Kier alpha value is -1.75. The second-order valence-electron chi connectivity index (χ2n) is 5.88. The first-order valence-electron chi connectivity index (χ1n) is 7.63. The lowest BCUT2D eigenvalue weighted by molar-refractivity contribution is 0.0956. The van der Waals surface area contributed by atoms with Crippen molar-refractivity contribution in [1.82, 2.24) is 5.32 Å². The number of hydrogen-bond acceptors (Lipinski definition) is 4. The van der Waals surface area contributed by atoms with Gasteiger partial charge in [0.05, 0.1) is 12.2 Å². The largest absolute Gasteiger partial charge is 0.399 e. The Labute approximate surface area is 125 Å². The van der Waals surface area contributed by atoms with Gasteiger partial charge < -0.3 is 21.5 Å². The third kappa shape index (κ3) is 3.67. The molecule has 0 bridgehead atoms. The second-order valence-corrected chi connectivity index (χ2v) is 5.88. The number of anilines is 2. The molecule has 5 heteroatoms. The van der Waals surface area contributed by atoms with E-state index >= 15 is 0 Å². The van der Waals surface area contributed by atoms with E-state index in [1.807, 2.05) is 6.92 Å². The monoisotopic (exact) mass is 291 g/mol. The standard InChI is InChI=1S/C16H25N3O2/c1-2-18-15(21)13-6-5-12(17)9-14(13)19-10-16(11-20)7-3-4-8-16/h5-6,9,19-20H,2-4,7-8,10-11,17H2,1H3,(H,18,21). The minimum atomic E-state index is -0.107. The molecule has 0 aliphatic heterocycles. The number of rotatable bonds is 6. The lowest BCUT2D eigenvalue weighted by Crippen LogP contribution is -2.31. The van der Waals surface area contributed by atoms with Crippen LogP contribution in [0.5, 0.6) is 0 Å². The van der Waals surface area contributed by atoms with Crippen LogP contribution in [0, 0.1) is 5.41 Å². The highest BCUT2D eigenvalue weighted by molar-refractivity contribution is 6.00. The molecular weight excluding hydrogens is 266 g/mol. The molecule has 1 aliphatic rings. The molecule has 0 unspecified atom stereocenters. The van der Waals surface area contributed by atoms with Gasteiger partial charge in [-0.15, -0.1) is 0 Å². The van der Waals surface area contributed by atoms with Crippen molar-refractivity contribution >= 4 is 17.3 Å².